The monoisotopic (exact) mass is 224 g/mol. The van der Waals surface area contributed by atoms with E-state index in [2.05, 4.69) is 0 Å². The summed E-state index contributed by atoms with van der Waals surface area (Å²) in [5, 5.41) is 10.8. The Labute approximate surface area is 92.1 Å². The van der Waals surface area contributed by atoms with Crippen LogP contribution in [0.2, 0.25) is 0 Å². The summed E-state index contributed by atoms with van der Waals surface area (Å²) in [5.41, 5.74) is 5.94. The van der Waals surface area contributed by atoms with Gasteiger partial charge in [0.1, 0.15) is 6.10 Å². The van der Waals surface area contributed by atoms with Crippen LogP contribution < -0.4 is 10.5 Å². The Balaban J connectivity index is 2.22. The quantitative estimate of drug-likeness (QED) is 0.475. The Morgan fingerprint density at radius 2 is 2.38 bits per heavy atom. The zero-order chi connectivity index (χ0) is 11.5. The van der Waals surface area contributed by atoms with E-state index >= 15 is 0 Å². The SMILES string of the molecule is Nc1ccc([N+](=O)[O-])c(OC2CCOC2)c1. The molecule has 2 N–H and O–H groups in total. The minimum absolute atomic E-state index is 0.0684. The van der Waals surface area contributed by atoms with Gasteiger partial charge in [-0.05, 0) is 6.07 Å². The number of rotatable bonds is 3. The molecule has 1 aromatic rings. The van der Waals surface area contributed by atoms with Crippen LogP contribution in [0, 0.1) is 10.1 Å². The van der Waals surface area contributed by atoms with Crippen molar-refractivity contribution in [1.82, 2.24) is 0 Å². The number of ether oxygens (including phenoxy) is 2. The predicted octanol–water partition coefficient (Wildman–Crippen LogP) is 1.34. The summed E-state index contributed by atoms with van der Waals surface area (Å²) in [7, 11) is 0. The third kappa shape index (κ3) is 2.22. The molecule has 0 spiro atoms. The fourth-order valence-corrected chi connectivity index (χ4v) is 1.56. The van der Waals surface area contributed by atoms with E-state index in [0.717, 1.165) is 6.42 Å². The molecular formula is C10H12N2O4. The van der Waals surface area contributed by atoms with Gasteiger partial charge in [-0.1, -0.05) is 0 Å². The first-order valence-electron chi connectivity index (χ1n) is 4.95. The van der Waals surface area contributed by atoms with Crippen LogP contribution in [0.15, 0.2) is 18.2 Å². The molecule has 1 aromatic carbocycles. The number of anilines is 1. The minimum atomic E-state index is -0.482. The fourth-order valence-electron chi connectivity index (χ4n) is 1.56. The highest BCUT2D eigenvalue weighted by molar-refractivity contribution is 5.55. The Bertz CT molecular complexity index is 402. The van der Waals surface area contributed by atoms with E-state index in [1.54, 1.807) is 0 Å². The molecule has 2 rings (SSSR count). The molecule has 0 radical (unpaired) electrons. The van der Waals surface area contributed by atoms with Gasteiger partial charge < -0.3 is 15.2 Å². The molecule has 1 heterocycles. The second-order valence-electron chi connectivity index (χ2n) is 3.59. The summed E-state index contributed by atoms with van der Waals surface area (Å²) < 4.78 is 10.6. The highest BCUT2D eigenvalue weighted by atomic mass is 16.6. The third-order valence-electron chi connectivity index (χ3n) is 2.36. The van der Waals surface area contributed by atoms with Crippen molar-refractivity contribution in [2.45, 2.75) is 12.5 Å². The average Bonchev–Trinajstić information content (AvgIpc) is 2.70. The van der Waals surface area contributed by atoms with E-state index in [9.17, 15) is 10.1 Å². The van der Waals surface area contributed by atoms with Gasteiger partial charge in [0.2, 0.25) is 0 Å². The summed E-state index contributed by atoms with van der Waals surface area (Å²) in [6, 6.07) is 4.30. The minimum Gasteiger partial charge on any atom is -0.481 e. The Morgan fingerprint density at radius 3 is 3.00 bits per heavy atom. The van der Waals surface area contributed by atoms with Crippen molar-refractivity contribution in [2.24, 2.45) is 0 Å². The molecular weight excluding hydrogens is 212 g/mol. The second-order valence-corrected chi connectivity index (χ2v) is 3.59. The number of hydrogen-bond donors (Lipinski definition) is 1. The van der Waals surface area contributed by atoms with Crippen molar-refractivity contribution < 1.29 is 14.4 Å². The van der Waals surface area contributed by atoms with Crippen LogP contribution in [0.1, 0.15) is 6.42 Å². The van der Waals surface area contributed by atoms with Crippen LogP contribution in [0.5, 0.6) is 5.75 Å². The summed E-state index contributed by atoms with van der Waals surface area (Å²) in [6.07, 6.45) is 0.617. The zero-order valence-electron chi connectivity index (χ0n) is 8.59. The predicted molar refractivity (Wildman–Crippen MR) is 57.4 cm³/mol. The molecule has 1 aliphatic heterocycles. The lowest BCUT2D eigenvalue weighted by atomic mass is 10.2. The van der Waals surface area contributed by atoms with Crippen molar-refractivity contribution in [3.8, 4) is 5.75 Å². The van der Waals surface area contributed by atoms with Crippen LogP contribution in [0.25, 0.3) is 0 Å². The first kappa shape index (κ1) is 10.7. The largest absolute Gasteiger partial charge is 0.481 e. The van der Waals surface area contributed by atoms with Crippen molar-refractivity contribution in [3.63, 3.8) is 0 Å². The molecule has 0 aliphatic carbocycles. The topological polar surface area (TPSA) is 87.6 Å². The lowest BCUT2D eigenvalue weighted by Crippen LogP contribution is -2.16. The first-order valence-corrected chi connectivity index (χ1v) is 4.95. The molecule has 0 bridgehead atoms. The van der Waals surface area contributed by atoms with E-state index in [-0.39, 0.29) is 17.5 Å². The fraction of sp³-hybridized carbons (Fsp3) is 0.400. The van der Waals surface area contributed by atoms with Gasteiger partial charge >= 0.3 is 5.69 Å². The second kappa shape index (κ2) is 4.36. The Morgan fingerprint density at radius 1 is 1.56 bits per heavy atom. The Hall–Kier alpha value is -1.82. The summed E-state index contributed by atoms with van der Waals surface area (Å²) in [4.78, 5) is 10.3. The molecule has 0 saturated carbocycles. The van der Waals surface area contributed by atoms with Crippen LogP contribution >= 0.6 is 0 Å². The van der Waals surface area contributed by atoms with Gasteiger partial charge in [-0.15, -0.1) is 0 Å². The van der Waals surface area contributed by atoms with Gasteiger partial charge in [0.05, 0.1) is 18.1 Å². The van der Waals surface area contributed by atoms with E-state index in [0.29, 0.717) is 18.9 Å². The number of nitrogens with two attached hydrogens (primary N) is 1. The van der Waals surface area contributed by atoms with E-state index in [1.165, 1.54) is 18.2 Å². The maximum absolute atomic E-state index is 10.8. The lowest BCUT2D eigenvalue weighted by molar-refractivity contribution is -0.386. The number of nitrogens with zero attached hydrogens (tertiary/aromatic N) is 1. The van der Waals surface area contributed by atoms with Crippen LogP contribution in [-0.2, 0) is 4.74 Å². The van der Waals surface area contributed by atoms with Gasteiger partial charge in [-0.25, -0.2) is 0 Å². The maximum Gasteiger partial charge on any atom is 0.311 e. The molecule has 6 nitrogen and oxygen atoms in total. The highest BCUT2D eigenvalue weighted by Gasteiger charge is 2.22. The molecule has 1 unspecified atom stereocenters. The summed E-state index contributed by atoms with van der Waals surface area (Å²) in [5.74, 6) is 0.209. The average molecular weight is 224 g/mol. The third-order valence-corrected chi connectivity index (χ3v) is 2.36. The molecule has 1 aliphatic rings. The van der Waals surface area contributed by atoms with Crippen LogP contribution in [0.3, 0.4) is 0 Å². The molecule has 6 heteroatoms. The summed E-state index contributed by atoms with van der Waals surface area (Å²) >= 11 is 0. The highest BCUT2D eigenvalue weighted by Crippen LogP contribution is 2.30. The van der Waals surface area contributed by atoms with Crippen molar-refractivity contribution in [1.29, 1.82) is 0 Å². The molecule has 1 atom stereocenters. The van der Waals surface area contributed by atoms with Gasteiger partial charge in [-0.2, -0.15) is 0 Å². The van der Waals surface area contributed by atoms with Crippen molar-refractivity contribution in [3.05, 3.63) is 28.3 Å². The zero-order valence-corrected chi connectivity index (χ0v) is 8.59. The van der Waals surface area contributed by atoms with Gasteiger partial charge in [0, 0.05) is 24.2 Å². The van der Waals surface area contributed by atoms with Crippen molar-refractivity contribution >= 4 is 11.4 Å². The summed E-state index contributed by atoms with van der Waals surface area (Å²) in [6.45, 7) is 1.09. The normalized spacial score (nSPS) is 19.6. The number of nitro groups is 1. The maximum atomic E-state index is 10.8. The Kier molecular flexibility index (Phi) is 2.91. The molecule has 16 heavy (non-hydrogen) atoms. The lowest BCUT2D eigenvalue weighted by Gasteiger charge is -2.12. The number of nitro benzene ring substituents is 1. The standard InChI is InChI=1S/C10H12N2O4/c11-7-1-2-9(12(13)14)10(5-7)16-8-3-4-15-6-8/h1-2,5,8H,3-4,6,11H2. The van der Waals surface area contributed by atoms with E-state index in [4.69, 9.17) is 15.2 Å². The van der Waals surface area contributed by atoms with Crippen molar-refractivity contribution in [2.75, 3.05) is 18.9 Å². The molecule has 1 saturated heterocycles. The molecule has 0 amide bonds. The van der Waals surface area contributed by atoms with Crippen LogP contribution in [0.4, 0.5) is 11.4 Å². The molecule has 1 fully saturated rings. The van der Waals surface area contributed by atoms with Gasteiger partial charge in [0.15, 0.2) is 5.75 Å². The number of nitrogen functional groups attached to an aromatic ring is 1. The van der Waals surface area contributed by atoms with E-state index < -0.39 is 4.92 Å². The van der Waals surface area contributed by atoms with Gasteiger partial charge in [-0.3, -0.25) is 10.1 Å². The number of benzene rings is 1. The van der Waals surface area contributed by atoms with Crippen LogP contribution in [-0.4, -0.2) is 24.2 Å². The molecule has 0 aromatic heterocycles. The smallest absolute Gasteiger partial charge is 0.311 e. The first-order chi connectivity index (χ1) is 7.66. The van der Waals surface area contributed by atoms with Gasteiger partial charge in [0.25, 0.3) is 0 Å². The van der Waals surface area contributed by atoms with E-state index in [1.807, 2.05) is 0 Å². The number of hydrogen-bond acceptors (Lipinski definition) is 5. The molecule has 86 valence electrons.